The van der Waals surface area contributed by atoms with Crippen LogP contribution in [0.15, 0.2) is 59.2 Å². The lowest BCUT2D eigenvalue weighted by Crippen LogP contribution is -2.04. The summed E-state index contributed by atoms with van der Waals surface area (Å²) in [4.78, 5) is 25.9. The molecule has 2 aromatic heterocycles. The molecule has 6 nitrogen and oxygen atoms in total. The number of benzene rings is 2. The number of carbonyl (C=O) groups is 2. The van der Waals surface area contributed by atoms with Crippen LogP contribution in [0.3, 0.4) is 0 Å². The highest BCUT2D eigenvalue weighted by Crippen LogP contribution is 2.39. The van der Waals surface area contributed by atoms with Crippen molar-refractivity contribution >= 4 is 46.1 Å². The lowest BCUT2D eigenvalue weighted by atomic mass is 9.95. The van der Waals surface area contributed by atoms with Gasteiger partial charge < -0.3 is 11.5 Å². The van der Waals surface area contributed by atoms with E-state index in [-0.39, 0.29) is 12.8 Å². The molecule has 0 unspecified atom stereocenters. The molecule has 0 spiro atoms. The lowest BCUT2D eigenvalue weighted by Gasteiger charge is -2.11. The Kier molecular flexibility index (Phi) is 12.6. The van der Waals surface area contributed by atoms with E-state index in [1.54, 1.807) is 35.5 Å². The van der Waals surface area contributed by atoms with Gasteiger partial charge in [-0.3, -0.25) is 9.59 Å². The smallest absolute Gasteiger partial charge is 0.372 e. The van der Waals surface area contributed by atoms with E-state index in [0.29, 0.717) is 5.56 Å². The molecule has 0 atom stereocenters. The van der Waals surface area contributed by atoms with E-state index in [0.717, 1.165) is 43.6 Å². The molecule has 0 aliphatic rings. The van der Waals surface area contributed by atoms with Gasteiger partial charge >= 0.3 is 6.18 Å². The molecule has 4 aromatic rings. The van der Waals surface area contributed by atoms with Gasteiger partial charge in [-0.2, -0.15) is 13.2 Å². The number of carbonyl (C=O) groups excluding carboxylic acids is 2. The Balaban J connectivity index is 0.000000725. The Hall–Kier alpha value is -3.44. The maximum Gasteiger partial charge on any atom is 0.416 e. The number of primary amides is 2. The number of aromatic nitrogens is 2. The Labute approximate surface area is 216 Å². The Morgan fingerprint density at radius 3 is 2.14 bits per heavy atom. The zero-order valence-corrected chi connectivity index (χ0v) is 21.8. The van der Waals surface area contributed by atoms with Gasteiger partial charge in [0.1, 0.15) is 11.4 Å². The predicted molar refractivity (Wildman–Crippen MR) is 142 cm³/mol. The van der Waals surface area contributed by atoms with E-state index < -0.39 is 11.7 Å². The summed E-state index contributed by atoms with van der Waals surface area (Å²) < 4.78 is 40.3. The van der Waals surface area contributed by atoms with Gasteiger partial charge in [0.2, 0.25) is 12.8 Å². The van der Waals surface area contributed by atoms with E-state index in [2.05, 4.69) is 21.4 Å². The molecule has 4 rings (SSSR count). The minimum absolute atomic E-state index is 0.250. The SMILES string of the molecule is CC.CSc1ncnc2c(-c3cc(-c4cccc(C(F)(F)F)c4)ccc3C)csc12.NC=O.NC=O. The number of hydrogen-bond acceptors (Lipinski definition) is 6. The summed E-state index contributed by atoms with van der Waals surface area (Å²) >= 11 is 3.15. The van der Waals surface area contributed by atoms with E-state index in [1.165, 1.54) is 12.1 Å². The van der Waals surface area contributed by atoms with E-state index in [1.807, 2.05) is 50.6 Å². The van der Waals surface area contributed by atoms with Crippen LogP contribution < -0.4 is 11.5 Å². The number of aryl methyl sites for hydroxylation is 1. The molecule has 0 fully saturated rings. The van der Waals surface area contributed by atoms with Crippen molar-refractivity contribution in [2.45, 2.75) is 32.0 Å². The second-order valence-corrected chi connectivity index (χ2v) is 8.27. The van der Waals surface area contributed by atoms with Gasteiger partial charge in [-0.1, -0.05) is 38.1 Å². The van der Waals surface area contributed by atoms with Gasteiger partial charge in [0.25, 0.3) is 0 Å². The number of nitrogens with zero attached hydrogens (tertiary/aromatic N) is 2. The summed E-state index contributed by atoms with van der Waals surface area (Å²) in [6.45, 7) is 5.99. The first kappa shape index (κ1) is 30.6. The lowest BCUT2D eigenvalue weighted by molar-refractivity contribution is -0.137. The molecule has 0 saturated carbocycles. The average molecular weight is 537 g/mol. The number of thioether (sulfide) groups is 1. The van der Waals surface area contributed by atoms with Crippen molar-refractivity contribution in [1.82, 2.24) is 9.97 Å². The number of thiophene rings is 1. The fourth-order valence-electron chi connectivity index (χ4n) is 3.13. The summed E-state index contributed by atoms with van der Waals surface area (Å²) in [5.74, 6) is 0. The van der Waals surface area contributed by atoms with Crippen LogP contribution in [-0.2, 0) is 15.8 Å². The normalized spacial score (nSPS) is 10.1. The molecule has 2 heterocycles. The summed E-state index contributed by atoms with van der Waals surface area (Å²) in [7, 11) is 0. The van der Waals surface area contributed by atoms with Gasteiger partial charge in [0.15, 0.2) is 0 Å². The fraction of sp³-hybridized carbons (Fsp3) is 0.200. The number of amides is 2. The van der Waals surface area contributed by atoms with Crippen LogP contribution in [0, 0.1) is 6.92 Å². The van der Waals surface area contributed by atoms with Crippen molar-refractivity contribution in [3.63, 3.8) is 0 Å². The molecular weight excluding hydrogens is 509 g/mol. The second kappa shape index (κ2) is 14.8. The molecule has 2 amide bonds. The maximum absolute atomic E-state index is 13.1. The molecule has 0 aliphatic heterocycles. The van der Waals surface area contributed by atoms with Crippen LogP contribution in [0.25, 0.3) is 32.5 Å². The van der Waals surface area contributed by atoms with Gasteiger partial charge in [-0.05, 0) is 53.6 Å². The van der Waals surface area contributed by atoms with Crippen LogP contribution >= 0.6 is 23.1 Å². The monoisotopic (exact) mass is 536 g/mol. The molecular formula is C25H27F3N4O2S2. The largest absolute Gasteiger partial charge is 0.416 e. The molecule has 11 heteroatoms. The highest BCUT2D eigenvalue weighted by molar-refractivity contribution is 7.98. The topological polar surface area (TPSA) is 112 Å². The number of alkyl halides is 3. The highest BCUT2D eigenvalue weighted by Gasteiger charge is 2.30. The third-order valence-corrected chi connectivity index (χ3v) is 6.37. The Bertz CT molecular complexity index is 1270. The molecule has 0 aliphatic carbocycles. The Morgan fingerprint density at radius 1 is 0.944 bits per heavy atom. The standard InChI is InChI=1S/C21H15F3N2S2.C2H6.2CH3NO/c1-12-6-7-14(13-4-3-5-15(8-13)21(22,23)24)9-16(12)17-10-28-19-18(17)25-11-26-20(19)27-2;1-2;2*2-1-3/h3-11H,1-2H3;1-2H3;2*1H,(H2,2,3). The Morgan fingerprint density at radius 2 is 1.56 bits per heavy atom. The number of nitrogens with two attached hydrogens (primary N) is 2. The molecule has 2 aromatic carbocycles. The van der Waals surface area contributed by atoms with E-state index in [4.69, 9.17) is 9.59 Å². The molecule has 0 saturated heterocycles. The quantitative estimate of drug-likeness (QED) is 0.181. The first-order chi connectivity index (χ1) is 17.2. The zero-order valence-electron chi connectivity index (χ0n) is 20.2. The summed E-state index contributed by atoms with van der Waals surface area (Å²) in [6.07, 6.45) is -0.338. The summed E-state index contributed by atoms with van der Waals surface area (Å²) in [5.41, 5.74) is 12.8. The summed E-state index contributed by atoms with van der Waals surface area (Å²) in [6, 6.07) is 11.1. The second-order valence-electron chi connectivity index (χ2n) is 6.59. The third kappa shape index (κ3) is 7.79. The number of halogens is 3. The van der Waals surface area contributed by atoms with Crippen molar-refractivity contribution in [3.8, 4) is 22.3 Å². The van der Waals surface area contributed by atoms with Crippen molar-refractivity contribution in [2.75, 3.05) is 6.26 Å². The molecule has 0 radical (unpaired) electrons. The molecule has 192 valence electrons. The van der Waals surface area contributed by atoms with Crippen LogP contribution in [0.5, 0.6) is 0 Å². The van der Waals surface area contributed by atoms with E-state index >= 15 is 0 Å². The predicted octanol–water partition coefficient (Wildman–Crippen LogP) is 6.30. The van der Waals surface area contributed by atoms with Crippen molar-refractivity contribution in [1.29, 1.82) is 0 Å². The summed E-state index contributed by atoms with van der Waals surface area (Å²) in [5, 5.41) is 2.96. The molecule has 4 N–H and O–H groups in total. The highest BCUT2D eigenvalue weighted by atomic mass is 32.2. The van der Waals surface area contributed by atoms with Crippen molar-refractivity contribution < 1.29 is 22.8 Å². The number of rotatable bonds is 3. The van der Waals surface area contributed by atoms with Crippen LogP contribution in [0.4, 0.5) is 13.2 Å². The van der Waals surface area contributed by atoms with Gasteiger partial charge in [-0.25, -0.2) is 9.97 Å². The van der Waals surface area contributed by atoms with Gasteiger partial charge in [-0.15, -0.1) is 23.1 Å². The van der Waals surface area contributed by atoms with Gasteiger partial charge in [0.05, 0.1) is 15.8 Å². The third-order valence-electron chi connectivity index (χ3n) is 4.57. The van der Waals surface area contributed by atoms with Crippen LogP contribution in [-0.4, -0.2) is 29.0 Å². The molecule has 0 bridgehead atoms. The molecule has 36 heavy (non-hydrogen) atoms. The van der Waals surface area contributed by atoms with Crippen molar-refractivity contribution in [3.05, 3.63) is 65.3 Å². The number of fused-ring (bicyclic) bond motifs is 1. The zero-order chi connectivity index (χ0) is 27.3. The van der Waals surface area contributed by atoms with E-state index in [9.17, 15) is 13.2 Å². The first-order valence-corrected chi connectivity index (χ1v) is 12.7. The minimum Gasteiger partial charge on any atom is -0.372 e. The van der Waals surface area contributed by atoms with Crippen molar-refractivity contribution in [2.24, 2.45) is 11.5 Å². The first-order valence-electron chi connectivity index (χ1n) is 10.6. The fourth-order valence-corrected chi connectivity index (χ4v) is 4.86. The van der Waals surface area contributed by atoms with Crippen LogP contribution in [0.1, 0.15) is 25.0 Å². The maximum atomic E-state index is 13.1. The number of hydrogen-bond donors (Lipinski definition) is 2. The van der Waals surface area contributed by atoms with Crippen LogP contribution in [0.2, 0.25) is 0 Å². The van der Waals surface area contributed by atoms with Gasteiger partial charge in [0, 0.05) is 10.9 Å². The average Bonchev–Trinajstić information content (AvgIpc) is 3.30. The minimum atomic E-state index is -4.36.